The molecule has 1 N–H and O–H groups in total. The number of aliphatic carboxylic acids is 1. The molecule has 2 amide bonds. The molecule has 1 aromatic carbocycles. The Morgan fingerprint density at radius 3 is 2.15 bits per heavy atom. The van der Waals surface area contributed by atoms with Crippen molar-refractivity contribution in [3.8, 4) is 11.1 Å². The summed E-state index contributed by atoms with van der Waals surface area (Å²) in [6.45, 7) is 1.74. The SMILES string of the molecule is CC[C@@H]1C[C@H](N(Cc2cc(C(F)(F)F)cc(C(F)(F)F)c2)c2ncc(-c3cnn(C)c3)cn2)CN1C(=O)N1CCCC[C@H]1C(=O)O. The van der Waals surface area contributed by atoms with E-state index in [4.69, 9.17) is 0 Å². The second kappa shape index (κ2) is 12.8. The zero-order valence-corrected chi connectivity index (χ0v) is 25.1. The van der Waals surface area contributed by atoms with Crippen LogP contribution in [0.2, 0.25) is 0 Å². The van der Waals surface area contributed by atoms with Crippen LogP contribution in [0.15, 0.2) is 43.0 Å². The Balaban J connectivity index is 1.51. The highest BCUT2D eigenvalue weighted by Gasteiger charge is 2.43. The van der Waals surface area contributed by atoms with Crippen molar-refractivity contribution in [2.45, 2.75) is 76.1 Å². The van der Waals surface area contributed by atoms with Gasteiger partial charge < -0.3 is 19.8 Å². The van der Waals surface area contributed by atoms with Gasteiger partial charge in [-0.15, -0.1) is 0 Å². The first-order chi connectivity index (χ1) is 21.7. The number of rotatable bonds is 7. The van der Waals surface area contributed by atoms with Crippen LogP contribution < -0.4 is 4.90 Å². The van der Waals surface area contributed by atoms with Crippen LogP contribution in [-0.2, 0) is 30.7 Å². The molecule has 2 aromatic heterocycles. The molecule has 0 radical (unpaired) electrons. The minimum atomic E-state index is -5.03. The van der Waals surface area contributed by atoms with Gasteiger partial charge in [-0.1, -0.05) is 6.92 Å². The number of aryl methyl sites for hydroxylation is 1. The number of carbonyl (C=O) groups excluding carboxylic acids is 1. The summed E-state index contributed by atoms with van der Waals surface area (Å²) in [6, 6.07) is -0.989. The molecule has 2 saturated heterocycles. The third-order valence-electron chi connectivity index (χ3n) is 8.52. The van der Waals surface area contributed by atoms with Crippen molar-refractivity contribution in [3.63, 3.8) is 0 Å². The summed E-state index contributed by atoms with van der Waals surface area (Å²) in [7, 11) is 1.73. The number of urea groups is 1. The zero-order chi connectivity index (χ0) is 33.4. The molecule has 4 heterocycles. The highest BCUT2D eigenvalue weighted by molar-refractivity contribution is 5.83. The largest absolute Gasteiger partial charge is 0.480 e. The second-order valence-corrected chi connectivity index (χ2v) is 11.6. The molecule has 3 aromatic rings. The van der Waals surface area contributed by atoms with E-state index in [0.29, 0.717) is 55.4 Å². The number of benzene rings is 1. The number of piperidine rings is 1. The van der Waals surface area contributed by atoms with Crippen molar-refractivity contribution in [2.75, 3.05) is 18.0 Å². The van der Waals surface area contributed by atoms with Crippen LogP contribution in [-0.4, -0.2) is 77.9 Å². The van der Waals surface area contributed by atoms with Crippen LogP contribution >= 0.6 is 0 Å². The molecule has 5 rings (SSSR count). The van der Waals surface area contributed by atoms with Crippen LogP contribution in [0.1, 0.15) is 55.7 Å². The van der Waals surface area contributed by atoms with E-state index in [1.807, 2.05) is 6.92 Å². The van der Waals surface area contributed by atoms with Gasteiger partial charge in [0.25, 0.3) is 0 Å². The molecule has 3 atom stereocenters. The first kappa shape index (κ1) is 33.0. The second-order valence-electron chi connectivity index (χ2n) is 11.6. The minimum Gasteiger partial charge on any atom is -0.480 e. The maximum absolute atomic E-state index is 13.7. The van der Waals surface area contributed by atoms with Gasteiger partial charge in [-0.3, -0.25) is 4.68 Å². The van der Waals surface area contributed by atoms with Gasteiger partial charge in [-0.25, -0.2) is 19.6 Å². The van der Waals surface area contributed by atoms with E-state index in [9.17, 15) is 41.0 Å². The molecule has 0 saturated carbocycles. The third-order valence-corrected chi connectivity index (χ3v) is 8.52. The Hall–Kier alpha value is -4.37. The number of likely N-dealkylation sites (tertiary alicyclic amines) is 2. The van der Waals surface area contributed by atoms with Gasteiger partial charge in [0, 0.05) is 62.4 Å². The van der Waals surface area contributed by atoms with Gasteiger partial charge in [-0.05, 0) is 55.9 Å². The van der Waals surface area contributed by atoms with Crippen molar-refractivity contribution in [1.82, 2.24) is 29.5 Å². The molecule has 0 spiro atoms. The van der Waals surface area contributed by atoms with E-state index >= 15 is 0 Å². The lowest BCUT2D eigenvalue weighted by Gasteiger charge is -2.37. The number of halogens is 6. The molecule has 10 nitrogen and oxygen atoms in total. The molecular weight excluding hydrogens is 620 g/mol. The van der Waals surface area contributed by atoms with Crippen molar-refractivity contribution < 1.29 is 41.0 Å². The van der Waals surface area contributed by atoms with Gasteiger partial charge in [0.1, 0.15) is 6.04 Å². The summed E-state index contributed by atoms with van der Waals surface area (Å²) in [5.74, 6) is -1.06. The summed E-state index contributed by atoms with van der Waals surface area (Å²) in [5, 5.41) is 13.9. The molecule has 0 bridgehead atoms. The maximum Gasteiger partial charge on any atom is 0.416 e. The Morgan fingerprint density at radius 2 is 1.61 bits per heavy atom. The molecule has 248 valence electrons. The van der Waals surface area contributed by atoms with Crippen molar-refractivity contribution >= 4 is 17.9 Å². The van der Waals surface area contributed by atoms with Crippen LogP contribution in [0.3, 0.4) is 0 Å². The van der Waals surface area contributed by atoms with Crippen molar-refractivity contribution in [2.24, 2.45) is 7.05 Å². The fraction of sp³-hybridized carbons (Fsp3) is 0.500. The van der Waals surface area contributed by atoms with E-state index in [0.717, 1.165) is 0 Å². The maximum atomic E-state index is 13.7. The average Bonchev–Trinajstić information content (AvgIpc) is 3.65. The lowest BCUT2D eigenvalue weighted by atomic mass is 10.0. The van der Waals surface area contributed by atoms with E-state index in [1.54, 1.807) is 29.0 Å². The van der Waals surface area contributed by atoms with Crippen molar-refractivity contribution in [1.29, 1.82) is 0 Å². The summed E-state index contributed by atoms with van der Waals surface area (Å²) >= 11 is 0. The molecule has 46 heavy (non-hydrogen) atoms. The number of aromatic nitrogens is 4. The van der Waals surface area contributed by atoms with E-state index in [2.05, 4.69) is 15.1 Å². The van der Waals surface area contributed by atoms with Crippen LogP contribution in [0.25, 0.3) is 11.1 Å². The lowest BCUT2D eigenvalue weighted by Crippen LogP contribution is -2.54. The van der Waals surface area contributed by atoms with Gasteiger partial charge in [0.2, 0.25) is 5.95 Å². The summed E-state index contributed by atoms with van der Waals surface area (Å²) in [6.07, 6.45) is -1.33. The fourth-order valence-corrected chi connectivity index (χ4v) is 6.18. The third kappa shape index (κ3) is 7.04. The molecular formula is C30H33F6N7O3. The Kier molecular flexibility index (Phi) is 9.18. The number of carboxylic acid groups (broad SMARTS) is 1. The first-order valence-corrected chi connectivity index (χ1v) is 14.8. The van der Waals surface area contributed by atoms with E-state index < -0.39 is 54.1 Å². The normalized spacial score (nSPS) is 20.7. The highest BCUT2D eigenvalue weighted by atomic mass is 19.4. The number of nitrogens with zero attached hydrogens (tertiary/aromatic N) is 7. The number of amides is 2. The van der Waals surface area contributed by atoms with E-state index in [-0.39, 0.29) is 36.7 Å². The molecule has 0 unspecified atom stereocenters. The quantitative estimate of drug-likeness (QED) is 0.320. The molecule has 16 heteroatoms. The predicted molar refractivity (Wildman–Crippen MR) is 153 cm³/mol. The fourth-order valence-electron chi connectivity index (χ4n) is 6.18. The summed E-state index contributed by atoms with van der Waals surface area (Å²) < 4.78 is 83.8. The molecule has 2 aliphatic rings. The van der Waals surface area contributed by atoms with Crippen molar-refractivity contribution in [3.05, 3.63) is 59.7 Å². The topological polar surface area (TPSA) is 108 Å². The van der Waals surface area contributed by atoms with Gasteiger partial charge in [0.15, 0.2) is 0 Å². The number of carboxylic acids is 1. The number of hydrogen-bond acceptors (Lipinski definition) is 6. The number of carbonyl (C=O) groups is 2. The van der Waals surface area contributed by atoms with Gasteiger partial charge in [-0.2, -0.15) is 31.4 Å². The summed E-state index contributed by atoms with van der Waals surface area (Å²) in [4.78, 5) is 38.9. The molecule has 2 aliphatic heterocycles. The van der Waals surface area contributed by atoms with E-state index in [1.165, 1.54) is 22.2 Å². The number of alkyl halides is 6. The standard InChI is InChI=1S/C30H33F6N7O3/c1-3-23-11-24(17-43(23)28(46)41-7-5-4-6-25(41)26(44)45)42(27-37-12-19(13-38-27)20-14-39-40(2)16-20)15-18-8-21(29(31,32)33)10-22(9-18)30(34,35)36/h8-10,12-14,16,23-25H,3-7,11,15,17H2,1-2H3,(H,44,45)/t23-,24+,25+/m1/s1. The zero-order valence-electron chi connectivity index (χ0n) is 25.1. The molecule has 2 fully saturated rings. The predicted octanol–water partition coefficient (Wildman–Crippen LogP) is 5.83. The minimum absolute atomic E-state index is 0.0407. The Bertz CT molecular complexity index is 1530. The highest BCUT2D eigenvalue weighted by Crippen LogP contribution is 2.38. The van der Waals surface area contributed by atoms with Gasteiger partial charge >= 0.3 is 24.4 Å². The van der Waals surface area contributed by atoms with Crippen LogP contribution in [0, 0.1) is 0 Å². The van der Waals surface area contributed by atoms with Crippen LogP contribution in [0.5, 0.6) is 0 Å². The Labute approximate surface area is 260 Å². The van der Waals surface area contributed by atoms with Crippen LogP contribution in [0.4, 0.5) is 37.1 Å². The molecule has 0 aliphatic carbocycles. The lowest BCUT2D eigenvalue weighted by molar-refractivity contribution is -0.144. The monoisotopic (exact) mass is 653 g/mol. The average molecular weight is 654 g/mol. The first-order valence-electron chi connectivity index (χ1n) is 14.8. The smallest absolute Gasteiger partial charge is 0.416 e. The Morgan fingerprint density at radius 1 is 0.957 bits per heavy atom. The number of hydrogen-bond donors (Lipinski definition) is 1. The summed E-state index contributed by atoms with van der Waals surface area (Å²) in [5.41, 5.74) is -1.85. The number of anilines is 1. The van der Waals surface area contributed by atoms with Gasteiger partial charge in [0.05, 0.1) is 23.4 Å².